The molecule has 0 N–H and O–H groups in total. The van der Waals surface area contributed by atoms with Gasteiger partial charge in [0.15, 0.2) is 39.6 Å². The molecule has 0 amide bonds. The molecule has 0 aromatic carbocycles. The van der Waals surface area contributed by atoms with Crippen LogP contribution in [0.15, 0.2) is 35.6 Å². The summed E-state index contributed by atoms with van der Waals surface area (Å²) >= 11 is 0. The number of fused-ring (bicyclic) bond motifs is 1. The van der Waals surface area contributed by atoms with Crippen LogP contribution in [0.4, 0.5) is 17.6 Å². The van der Waals surface area contributed by atoms with Crippen molar-refractivity contribution in [2.24, 2.45) is 7.05 Å². The summed E-state index contributed by atoms with van der Waals surface area (Å²) < 4.78 is 79.9. The van der Waals surface area contributed by atoms with E-state index in [1.807, 2.05) is 0 Å². The highest BCUT2D eigenvalue weighted by Crippen LogP contribution is 2.33. The third kappa shape index (κ3) is 3.70. The molecule has 0 saturated carbocycles. The molecule has 4 aromatic heterocycles. The Kier molecular flexibility index (Phi) is 5.19. The van der Waals surface area contributed by atoms with Crippen LogP contribution in [-0.4, -0.2) is 48.5 Å². The van der Waals surface area contributed by atoms with Crippen molar-refractivity contribution < 1.29 is 26.0 Å². The van der Waals surface area contributed by atoms with Gasteiger partial charge in [0.25, 0.3) is 0 Å². The molecule has 4 aromatic rings. The molecule has 0 bridgehead atoms. The summed E-state index contributed by atoms with van der Waals surface area (Å²) in [4.78, 5) is 16.0. The van der Waals surface area contributed by atoms with Crippen molar-refractivity contribution >= 4 is 21.0 Å². The number of pyridine rings is 2. The molecule has 32 heavy (non-hydrogen) atoms. The number of sulfone groups is 1. The SMILES string of the molecule is CCS(=O)(=O)c1ccc(-n2cnc(CF)n2)nc1-c1nc2cc(C(F)(F)F)cnc2n1C. The van der Waals surface area contributed by atoms with Gasteiger partial charge in [0, 0.05) is 13.2 Å². The van der Waals surface area contributed by atoms with Crippen LogP contribution >= 0.6 is 0 Å². The van der Waals surface area contributed by atoms with E-state index in [2.05, 4.69) is 25.0 Å². The Balaban J connectivity index is 1.97. The summed E-state index contributed by atoms with van der Waals surface area (Å²) in [6.45, 7) is 0.546. The number of hydrogen-bond acceptors (Lipinski definition) is 7. The predicted octanol–water partition coefficient (Wildman–Crippen LogP) is 2.89. The fraction of sp³-hybridized carbons (Fsp3) is 0.278. The van der Waals surface area contributed by atoms with Gasteiger partial charge in [-0.3, -0.25) is 0 Å². The average Bonchev–Trinajstić information content (AvgIpc) is 3.37. The van der Waals surface area contributed by atoms with Gasteiger partial charge < -0.3 is 4.57 Å². The molecule has 0 saturated heterocycles. The molecule has 0 atom stereocenters. The largest absolute Gasteiger partial charge is 0.417 e. The van der Waals surface area contributed by atoms with Crippen LogP contribution in [0.1, 0.15) is 18.3 Å². The number of rotatable bonds is 5. The van der Waals surface area contributed by atoms with Crippen molar-refractivity contribution in [3.8, 4) is 17.3 Å². The zero-order valence-corrected chi connectivity index (χ0v) is 17.5. The molecule has 4 rings (SSSR count). The first-order valence-corrected chi connectivity index (χ1v) is 10.8. The van der Waals surface area contributed by atoms with Crippen LogP contribution in [0.25, 0.3) is 28.5 Å². The number of aryl methyl sites for hydroxylation is 1. The van der Waals surface area contributed by atoms with Gasteiger partial charge in [-0.15, -0.1) is 5.10 Å². The lowest BCUT2D eigenvalue weighted by molar-refractivity contribution is -0.137. The monoisotopic (exact) mass is 469 g/mol. The van der Waals surface area contributed by atoms with Gasteiger partial charge in [-0.05, 0) is 18.2 Å². The minimum atomic E-state index is -4.62. The topological polar surface area (TPSA) is 108 Å². The second-order valence-electron chi connectivity index (χ2n) is 6.72. The van der Waals surface area contributed by atoms with Gasteiger partial charge in [-0.1, -0.05) is 6.92 Å². The Morgan fingerprint density at radius 1 is 1.12 bits per heavy atom. The smallest absolute Gasteiger partial charge is 0.310 e. The van der Waals surface area contributed by atoms with E-state index in [0.717, 1.165) is 10.7 Å². The van der Waals surface area contributed by atoms with Crippen molar-refractivity contribution in [3.63, 3.8) is 0 Å². The van der Waals surface area contributed by atoms with Crippen molar-refractivity contribution in [1.29, 1.82) is 0 Å². The summed E-state index contributed by atoms with van der Waals surface area (Å²) in [6.07, 6.45) is -2.73. The molecule has 0 unspecified atom stereocenters. The van der Waals surface area contributed by atoms with Crippen molar-refractivity contribution in [2.75, 3.05) is 5.75 Å². The fourth-order valence-corrected chi connectivity index (χ4v) is 4.06. The third-order valence-electron chi connectivity index (χ3n) is 4.70. The first-order chi connectivity index (χ1) is 15.0. The van der Waals surface area contributed by atoms with Gasteiger partial charge in [-0.2, -0.15) is 13.2 Å². The van der Waals surface area contributed by atoms with E-state index in [-0.39, 0.29) is 45.0 Å². The highest BCUT2D eigenvalue weighted by atomic mass is 32.2. The van der Waals surface area contributed by atoms with E-state index in [9.17, 15) is 26.0 Å². The summed E-state index contributed by atoms with van der Waals surface area (Å²) in [5.74, 6) is -0.216. The Labute approximate surface area is 178 Å². The molecule has 0 fully saturated rings. The Hall–Kier alpha value is -3.42. The van der Waals surface area contributed by atoms with Crippen molar-refractivity contribution in [3.05, 3.63) is 42.1 Å². The van der Waals surface area contributed by atoms with Gasteiger partial charge >= 0.3 is 6.18 Å². The molecule has 0 aliphatic heterocycles. The van der Waals surface area contributed by atoms with Crippen LogP contribution in [0, 0.1) is 0 Å². The number of aromatic nitrogens is 7. The minimum Gasteiger partial charge on any atom is -0.310 e. The standard InChI is InChI=1S/C18H15F4N7O2S/c1-3-32(30,31)12-4-5-14(29-9-24-13(7-19)27-29)26-15(12)17-25-11-6-10(18(20,21)22)8-23-16(11)28(17)2/h4-6,8-9H,3,7H2,1-2H3. The van der Waals surface area contributed by atoms with Crippen LogP contribution in [0.3, 0.4) is 0 Å². The summed E-state index contributed by atoms with van der Waals surface area (Å²) in [7, 11) is -2.30. The highest BCUT2D eigenvalue weighted by molar-refractivity contribution is 7.91. The molecule has 0 spiro atoms. The van der Waals surface area contributed by atoms with Gasteiger partial charge in [0.1, 0.15) is 17.5 Å². The molecular formula is C18H15F4N7O2S. The fourth-order valence-electron chi connectivity index (χ4n) is 3.04. The van der Waals surface area contributed by atoms with E-state index in [4.69, 9.17) is 0 Å². The number of halogens is 4. The quantitative estimate of drug-likeness (QED) is 0.414. The number of imidazole rings is 1. The lowest BCUT2D eigenvalue weighted by atomic mass is 10.2. The highest BCUT2D eigenvalue weighted by Gasteiger charge is 2.32. The summed E-state index contributed by atoms with van der Waals surface area (Å²) in [5, 5.41) is 3.90. The molecule has 168 valence electrons. The molecule has 0 radical (unpaired) electrons. The van der Waals surface area contributed by atoms with E-state index in [0.29, 0.717) is 6.20 Å². The van der Waals surface area contributed by atoms with E-state index < -0.39 is 28.3 Å². The average molecular weight is 469 g/mol. The van der Waals surface area contributed by atoms with Gasteiger partial charge in [0.2, 0.25) is 0 Å². The zero-order chi connectivity index (χ0) is 23.3. The molecule has 14 heteroatoms. The molecule has 9 nitrogen and oxygen atoms in total. The lowest BCUT2D eigenvalue weighted by Crippen LogP contribution is -2.11. The third-order valence-corrected chi connectivity index (χ3v) is 6.46. The molecule has 0 aliphatic carbocycles. The van der Waals surface area contributed by atoms with Crippen molar-refractivity contribution in [1.82, 2.24) is 34.3 Å². The second kappa shape index (κ2) is 7.62. The van der Waals surface area contributed by atoms with Crippen LogP contribution in [0.2, 0.25) is 0 Å². The Morgan fingerprint density at radius 3 is 2.50 bits per heavy atom. The maximum Gasteiger partial charge on any atom is 0.417 e. The van der Waals surface area contributed by atoms with Crippen LogP contribution < -0.4 is 0 Å². The summed E-state index contributed by atoms with van der Waals surface area (Å²) in [6, 6.07) is 3.49. The second-order valence-corrected chi connectivity index (χ2v) is 8.96. The molecule has 0 aliphatic rings. The van der Waals surface area contributed by atoms with E-state index >= 15 is 0 Å². The van der Waals surface area contributed by atoms with Crippen LogP contribution in [-0.2, 0) is 29.7 Å². The minimum absolute atomic E-state index is 0.00784. The number of hydrogen-bond donors (Lipinski definition) is 0. The summed E-state index contributed by atoms with van der Waals surface area (Å²) in [5.41, 5.74) is -1.06. The van der Waals surface area contributed by atoms with Crippen LogP contribution in [0.5, 0.6) is 0 Å². The first-order valence-electron chi connectivity index (χ1n) is 9.16. The zero-order valence-electron chi connectivity index (χ0n) is 16.7. The lowest BCUT2D eigenvalue weighted by Gasteiger charge is -2.10. The number of nitrogens with zero attached hydrogens (tertiary/aromatic N) is 7. The first kappa shape index (κ1) is 21.8. The number of alkyl halides is 4. The normalized spacial score (nSPS) is 12.6. The molecular weight excluding hydrogens is 454 g/mol. The maximum absolute atomic E-state index is 13.1. The van der Waals surface area contributed by atoms with E-state index in [1.165, 1.54) is 37.0 Å². The Bertz CT molecular complexity index is 1430. The van der Waals surface area contributed by atoms with E-state index in [1.54, 1.807) is 0 Å². The maximum atomic E-state index is 13.1. The Morgan fingerprint density at radius 2 is 1.88 bits per heavy atom. The van der Waals surface area contributed by atoms with Gasteiger partial charge in [0.05, 0.1) is 16.2 Å². The predicted molar refractivity (Wildman–Crippen MR) is 104 cm³/mol. The van der Waals surface area contributed by atoms with Gasteiger partial charge in [-0.25, -0.2) is 37.4 Å². The van der Waals surface area contributed by atoms with Crippen molar-refractivity contribution in [2.45, 2.75) is 24.7 Å². The molecule has 4 heterocycles.